The molecule has 7 nitrogen and oxygen atoms in total. The van der Waals surface area contributed by atoms with E-state index in [1.54, 1.807) is 35.4 Å². The number of hydrogen-bond donors (Lipinski definition) is 2. The van der Waals surface area contributed by atoms with Crippen LogP contribution in [0.2, 0.25) is 0 Å². The Morgan fingerprint density at radius 2 is 2.10 bits per heavy atom. The number of hydrogen-bond acceptors (Lipinski definition) is 7. The van der Waals surface area contributed by atoms with Gasteiger partial charge in [0.05, 0.1) is 24.5 Å². The molecule has 0 unspecified atom stereocenters. The highest BCUT2D eigenvalue weighted by Gasteiger charge is 2.29. The number of allylic oxidation sites excluding steroid dienone is 1. The van der Waals surface area contributed by atoms with Crippen molar-refractivity contribution in [3.63, 3.8) is 0 Å². The molecule has 1 amide bonds. The van der Waals surface area contributed by atoms with Crippen molar-refractivity contribution >= 4 is 39.1 Å². The second-order valence-corrected chi connectivity index (χ2v) is 11.2. The first-order valence-corrected chi connectivity index (χ1v) is 14.6. The van der Waals surface area contributed by atoms with Crippen LogP contribution in [0.5, 0.6) is 5.75 Å². The molecule has 0 bridgehead atoms. The van der Waals surface area contributed by atoms with Crippen LogP contribution in [0, 0.1) is 17.7 Å². The Balaban J connectivity index is 1.49. The number of amides is 1. The van der Waals surface area contributed by atoms with Crippen molar-refractivity contribution in [3.8, 4) is 40.0 Å². The quantitative estimate of drug-likeness (QED) is 0.247. The van der Waals surface area contributed by atoms with Gasteiger partial charge in [-0.1, -0.05) is 18.1 Å². The number of pyridine rings is 1. The van der Waals surface area contributed by atoms with E-state index in [1.807, 2.05) is 5.38 Å². The highest BCUT2D eigenvalue weighted by atomic mass is 32.1. The fraction of sp³-hybridized carbons (Fsp3) is 0.242. The highest BCUT2D eigenvalue weighted by molar-refractivity contribution is 7.18. The molecule has 2 aliphatic heterocycles. The number of thiophene rings is 1. The maximum atomic E-state index is 14.3. The zero-order chi connectivity index (χ0) is 29.2. The number of carbonyl (C=O) groups is 1. The molecule has 1 saturated heterocycles. The zero-order valence-electron chi connectivity index (χ0n) is 23.4. The van der Waals surface area contributed by atoms with E-state index in [1.165, 1.54) is 36.6 Å². The number of nitrogens with zero attached hydrogens (tertiary/aromatic N) is 3. The normalized spacial score (nSPS) is 15.3. The van der Waals surface area contributed by atoms with Crippen molar-refractivity contribution in [1.82, 2.24) is 15.2 Å². The summed E-state index contributed by atoms with van der Waals surface area (Å²) in [7, 11) is 1.53. The lowest BCUT2D eigenvalue weighted by Crippen LogP contribution is -2.52. The maximum absolute atomic E-state index is 14.3. The first-order valence-electron chi connectivity index (χ1n) is 13.8. The van der Waals surface area contributed by atoms with E-state index in [0.717, 1.165) is 46.4 Å². The first-order chi connectivity index (χ1) is 20.5. The van der Waals surface area contributed by atoms with E-state index in [2.05, 4.69) is 41.4 Å². The van der Waals surface area contributed by atoms with Crippen LogP contribution in [0.3, 0.4) is 0 Å². The van der Waals surface area contributed by atoms with Crippen LogP contribution in [0.4, 0.5) is 4.39 Å². The van der Waals surface area contributed by atoms with E-state index in [-0.39, 0.29) is 17.8 Å². The van der Waals surface area contributed by atoms with Crippen LogP contribution in [0.15, 0.2) is 59.0 Å². The van der Waals surface area contributed by atoms with Gasteiger partial charge in [-0.25, -0.2) is 9.37 Å². The smallest absolute Gasteiger partial charge is 0.298 e. The van der Waals surface area contributed by atoms with Gasteiger partial charge in [0.1, 0.15) is 11.6 Å². The minimum Gasteiger partial charge on any atom is -0.496 e. The monoisotopic (exact) mass is 579 g/mol. The number of fused-ring (bicyclic) bond motifs is 2. The largest absolute Gasteiger partial charge is 0.496 e. The summed E-state index contributed by atoms with van der Waals surface area (Å²) in [6.07, 6.45) is 4.18. The van der Waals surface area contributed by atoms with Gasteiger partial charge in [-0.05, 0) is 66.6 Å². The molecule has 212 valence electrons. The highest BCUT2D eigenvalue weighted by Crippen LogP contribution is 2.44. The minimum absolute atomic E-state index is 0.0643. The van der Waals surface area contributed by atoms with E-state index in [0.29, 0.717) is 35.7 Å². The number of carbonyl (C=O) groups excluding carboxylic acids is 1. The summed E-state index contributed by atoms with van der Waals surface area (Å²) in [5.41, 5.74) is 13.5. The molecule has 4 aromatic rings. The minimum atomic E-state index is -0.388. The molecular weight excluding hydrogens is 549 g/mol. The summed E-state index contributed by atoms with van der Waals surface area (Å²) in [6, 6.07) is 13.0. The van der Waals surface area contributed by atoms with Gasteiger partial charge < -0.3 is 20.7 Å². The summed E-state index contributed by atoms with van der Waals surface area (Å²) in [5.74, 6) is 5.03. The molecule has 9 heteroatoms. The average Bonchev–Trinajstić information content (AvgIpc) is 3.47. The number of halogens is 1. The number of aromatic nitrogens is 1. The van der Waals surface area contributed by atoms with E-state index >= 15 is 0 Å². The lowest BCUT2D eigenvalue weighted by Gasteiger charge is -2.35. The van der Waals surface area contributed by atoms with Gasteiger partial charge >= 0.3 is 0 Å². The number of rotatable bonds is 6. The second-order valence-electron chi connectivity index (χ2n) is 10.2. The fourth-order valence-corrected chi connectivity index (χ4v) is 6.43. The van der Waals surface area contributed by atoms with Crippen molar-refractivity contribution in [1.29, 1.82) is 0 Å². The van der Waals surface area contributed by atoms with Gasteiger partial charge in [-0.2, -0.15) is 0 Å². The summed E-state index contributed by atoms with van der Waals surface area (Å²) in [6.45, 7) is 4.43. The van der Waals surface area contributed by atoms with Crippen LogP contribution in [0.25, 0.3) is 38.0 Å². The number of aliphatic imine (C=N–C) groups is 1. The van der Waals surface area contributed by atoms with Crippen LogP contribution in [-0.4, -0.2) is 54.8 Å². The molecule has 0 atom stereocenters. The predicted octanol–water partition coefficient (Wildman–Crippen LogP) is 5.03. The molecule has 2 aromatic carbocycles. The zero-order valence-corrected chi connectivity index (χ0v) is 24.2. The standard InChI is InChI=1S/C33H30FN5O2S/c1-3-4-29(40)39-18-25(19-39)37-17-23(15-35)32-30(26-8-7-24(34)14-28(26)41-2)33-27(10-12-42-33)31(38-32)21-5-6-22-16-36-11-9-20(22)13-21/h5-8,10,12-15,17,25,36H,9,11,16,18-19,35H2,1-2H3/b23-15+,37-17?. The molecule has 4 heterocycles. The molecule has 42 heavy (non-hydrogen) atoms. The molecule has 0 spiro atoms. The van der Waals surface area contributed by atoms with Crippen molar-refractivity contribution in [2.45, 2.75) is 25.9 Å². The van der Waals surface area contributed by atoms with Crippen LogP contribution >= 0.6 is 11.3 Å². The molecule has 0 radical (unpaired) electrons. The number of ether oxygens (including phenoxy) is 1. The van der Waals surface area contributed by atoms with Crippen molar-refractivity contribution in [3.05, 3.63) is 76.7 Å². The van der Waals surface area contributed by atoms with Gasteiger partial charge in [0, 0.05) is 70.5 Å². The molecule has 0 aliphatic carbocycles. The lowest BCUT2D eigenvalue weighted by molar-refractivity contribution is -0.129. The SMILES string of the molecule is CC#CC(=O)N1CC(N=C/C(=C\N)c2nc(-c3ccc4c(c3)CCNC4)c3ccsc3c2-c2ccc(F)cc2OC)C1. The number of nitrogens with two attached hydrogens (primary N) is 1. The Bertz CT molecular complexity index is 1810. The van der Waals surface area contributed by atoms with Gasteiger partial charge in [-0.3, -0.25) is 9.79 Å². The lowest BCUT2D eigenvalue weighted by atomic mass is 9.93. The van der Waals surface area contributed by atoms with Gasteiger partial charge in [0.2, 0.25) is 0 Å². The summed E-state index contributed by atoms with van der Waals surface area (Å²) in [4.78, 5) is 23.7. The van der Waals surface area contributed by atoms with Gasteiger partial charge in [-0.15, -0.1) is 11.3 Å². The molecule has 1 fully saturated rings. The van der Waals surface area contributed by atoms with Crippen molar-refractivity contribution in [2.24, 2.45) is 10.7 Å². The van der Waals surface area contributed by atoms with E-state index < -0.39 is 0 Å². The first kappa shape index (κ1) is 27.6. The Morgan fingerprint density at radius 3 is 2.88 bits per heavy atom. The maximum Gasteiger partial charge on any atom is 0.298 e. The number of likely N-dealkylation sites (tertiary alicyclic amines) is 1. The molecule has 0 saturated carbocycles. The Kier molecular flexibility index (Phi) is 7.74. The Hall–Kier alpha value is -4.52. The number of nitrogens with one attached hydrogen (secondary N) is 1. The van der Waals surface area contributed by atoms with Gasteiger partial charge in [0.15, 0.2) is 0 Å². The van der Waals surface area contributed by atoms with E-state index in [4.69, 9.17) is 20.4 Å². The molecular formula is C33H30FN5O2S. The van der Waals surface area contributed by atoms with Crippen LogP contribution < -0.4 is 15.8 Å². The number of methoxy groups -OCH3 is 1. The third-order valence-corrected chi connectivity index (χ3v) is 8.60. The Morgan fingerprint density at radius 1 is 1.24 bits per heavy atom. The Labute approximate surface area is 247 Å². The fourth-order valence-electron chi connectivity index (χ4n) is 5.47. The third kappa shape index (κ3) is 5.15. The molecule has 2 aliphatic rings. The van der Waals surface area contributed by atoms with Gasteiger partial charge in [0.25, 0.3) is 5.91 Å². The van der Waals surface area contributed by atoms with Crippen molar-refractivity contribution in [2.75, 3.05) is 26.7 Å². The van der Waals surface area contributed by atoms with Crippen molar-refractivity contribution < 1.29 is 13.9 Å². The molecule has 6 rings (SSSR count). The topological polar surface area (TPSA) is 92.8 Å². The third-order valence-electron chi connectivity index (χ3n) is 7.67. The van der Waals surface area contributed by atoms with E-state index in [9.17, 15) is 9.18 Å². The molecule has 2 aromatic heterocycles. The second kappa shape index (κ2) is 11.8. The van der Waals surface area contributed by atoms with Crippen LogP contribution in [-0.2, 0) is 17.8 Å². The summed E-state index contributed by atoms with van der Waals surface area (Å²) >= 11 is 1.59. The summed E-state index contributed by atoms with van der Waals surface area (Å²) < 4.78 is 20.9. The summed E-state index contributed by atoms with van der Waals surface area (Å²) in [5, 5.41) is 6.47. The number of benzene rings is 2. The van der Waals surface area contributed by atoms with Crippen LogP contribution in [0.1, 0.15) is 23.7 Å². The molecule has 3 N–H and O–H groups in total. The predicted molar refractivity (Wildman–Crippen MR) is 167 cm³/mol. The average molecular weight is 580 g/mol.